The first-order valence-corrected chi connectivity index (χ1v) is 5.55. The standard InChI is InChI=1S/C13H17NO3/c1-8(4-12(16)17)7-14-13-9(2)5-11(15)6-10(13)3/h4-5,7,10,13H,6H2,1-3H3,(H,16,17)/b8-4-,14-7+. The Balaban J connectivity index is 2.81. The molecule has 0 fully saturated rings. The van der Waals surface area contributed by atoms with E-state index in [9.17, 15) is 9.59 Å². The molecule has 1 rings (SSSR count). The summed E-state index contributed by atoms with van der Waals surface area (Å²) in [7, 11) is 0. The zero-order valence-electron chi connectivity index (χ0n) is 10.3. The third-order valence-corrected chi connectivity index (χ3v) is 2.71. The van der Waals surface area contributed by atoms with Gasteiger partial charge in [-0.3, -0.25) is 9.79 Å². The van der Waals surface area contributed by atoms with E-state index in [-0.39, 0.29) is 17.7 Å². The maximum Gasteiger partial charge on any atom is 0.328 e. The molecule has 0 bridgehead atoms. The van der Waals surface area contributed by atoms with Crippen molar-refractivity contribution >= 4 is 18.0 Å². The molecule has 1 aliphatic rings. The third kappa shape index (κ3) is 3.98. The minimum atomic E-state index is -0.979. The van der Waals surface area contributed by atoms with Crippen molar-refractivity contribution in [3.05, 3.63) is 23.3 Å². The molecule has 0 spiro atoms. The van der Waals surface area contributed by atoms with Crippen LogP contribution in [0.15, 0.2) is 28.3 Å². The lowest BCUT2D eigenvalue weighted by atomic mass is 9.85. The van der Waals surface area contributed by atoms with E-state index < -0.39 is 5.97 Å². The lowest BCUT2D eigenvalue weighted by Crippen LogP contribution is -2.25. The SMILES string of the molecule is CC1=CC(=O)CC(C)C1/N=C/C(C)=C\C(=O)O. The molecule has 0 heterocycles. The summed E-state index contributed by atoms with van der Waals surface area (Å²) >= 11 is 0. The number of nitrogens with zero attached hydrogens (tertiary/aromatic N) is 1. The molecule has 92 valence electrons. The average Bonchev–Trinajstić information content (AvgIpc) is 2.14. The van der Waals surface area contributed by atoms with E-state index in [0.717, 1.165) is 11.6 Å². The molecule has 1 N–H and O–H groups in total. The minimum Gasteiger partial charge on any atom is -0.478 e. The number of carbonyl (C=O) groups excluding carboxylic acids is 1. The van der Waals surface area contributed by atoms with Crippen LogP contribution < -0.4 is 0 Å². The van der Waals surface area contributed by atoms with E-state index in [1.165, 1.54) is 0 Å². The first-order chi connectivity index (χ1) is 7.90. The van der Waals surface area contributed by atoms with Crippen molar-refractivity contribution < 1.29 is 14.7 Å². The van der Waals surface area contributed by atoms with Gasteiger partial charge >= 0.3 is 5.97 Å². The van der Waals surface area contributed by atoms with Crippen LogP contribution in [0.2, 0.25) is 0 Å². The molecule has 1 aliphatic carbocycles. The maximum atomic E-state index is 11.3. The van der Waals surface area contributed by atoms with Gasteiger partial charge in [-0.15, -0.1) is 0 Å². The van der Waals surface area contributed by atoms with Crippen molar-refractivity contribution in [2.24, 2.45) is 10.9 Å². The Bertz CT molecular complexity index is 418. The van der Waals surface area contributed by atoms with E-state index in [1.807, 2.05) is 13.8 Å². The number of hydrogen-bond acceptors (Lipinski definition) is 3. The largest absolute Gasteiger partial charge is 0.478 e. The van der Waals surface area contributed by atoms with E-state index >= 15 is 0 Å². The highest BCUT2D eigenvalue weighted by Gasteiger charge is 2.24. The first kappa shape index (κ1) is 13.4. The number of carboxylic acids is 1. The highest BCUT2D eigenvalue weighted by atomic mass is 16.4. The van der Waals surface area contributed by atoms with Gasteiger partial charge in [0.25, 0.3) is 0 Å². The Kier molecular flexibility index (Phi) is 4.37. The molecule has 0 saturated carbocycles. The van der Waals surface area contributed by atoms with Crippen LogP contribution in [0.5, 0.6) is 0 Å². The molecule has 4 heteroatoms. The monoisotopic (exact) mass is 235 g/mol. The van der Waals surface area contributed by atoms with Crippen LogP contribution in [0.25, 0.3) is 0 Å². The first-order valence-electron chi connectivity index (χ1n) is 5.55. The van der Waals surface area contributed by atoms with Gasteiger partial charge in [-0.2, -0.15) is 0 Å². The van der Waals surface area contributed by atoms with Gasteiger partial charge in [-0.1, -0.05) is 6.92 Å². The van der Waals surface area contributed by atoms with Crippen LogP contribution in [0, 0.1) is 5.92 Å². The van der Waals surface area contributed by atoms with Crippen LogP contribution in [0.3, 0.4) is 0 Å². The number of allylic oxidation sites excluding steroid dienone is 2. The number of carbonyl (C=O) groups is 2. The van der Waals surface area contributed by atoms with E-state index in [4.69, 9.17) is 5.11 Å². The van der Waals surface area contributed by atoms with Gasteiger partial charge in [0.1, 0.15) is 0 Å². The Labute approximate surface area is 101 Å². The van der Waals surface area contributed by atoms with Gasteiger partial charge in [0.15, 0.2) is 5.78 Å². The van der Waals surface area contributed by atoms with Crippen molar-refractivity contribution in [2.75, 3.05) is 0 Å². The van der Waals surface area contributed by atoms with Gasteiger partial charge in [-0.05, 0) is 37.0 Å². The molecule has 0 aromatic carbocycles. The van der Waals surface area contributed by atoms with Gasteiger partial charge in [0.05, 0.1) is 6.04 Å². The Morgan fingerprint density at radius 1 is 1.59 bits per heavy atom. The summed E-state index contributed by atoms with van der Waals surface area (Å²) in [5.74, 6) is -0.672. The summed E-state index contributed by atoms with van der Waals surface area (Å²) in [5.41, 5.74) is 1.53. The fourth-order valence-electron chi connectivity index (χ4n) is 1.97. The van der Waals surface area contributed by atoms with Crippen molar-refractivity contribution in [1.82, 2.24) is 0 Å². The van der Waals surface area contributed by atoms with Crippen molar-refractivity contribution in [2.45, 2.75) is 33.2 Å². The summed E-state index contributed by atoms with van der Waals surface area (Å²) in [6, 6.07) is -0.0233. The smallest absolute Gasteiger partial charge is 0.328 e. The lowest BCUT2D eigenvalue weighted by molar-refractivity contribution is -0.131. The molecule has 2 unspecified atom stereocenters. The summed E-state index contributed by atoms with van der Waals surface area (Å²) in [6.45, 7) is 5.55. The second-order valence-corrected chi connectivity index (χ2v) is 4.49. The highest BCUT2D eigenvalue weighted by Crippen LogP contribution is 2.24. The molecule has 0 aromatic rings. The quantitative estimate of drug-likeness (QED) is 0.601. The molecular weight excluding hydrogens is 218 g/mol. The van der Waals surface area contributed by atoms with Crippen LogP contribution in [-0.4, -0.2) is 29.1 Å². The number of aliphatic imine (C=N–C) groups is 1. The molecule has 0 saturated heterocycles. The fourth-order valence-corrected chi connectivity index (χ4v) is 1.97. The predicted molar refractivity (Wildman–Crippen MR) is 66.2 cm³/mol. The van der Waals surface area contributed by atoms with Gasteiger partial charge < -0.3 is 5.11 Å². The molecule has 2 atom stereocenters. The van der Waals surface area contributed by atoms with Crippen LogP contribution in [0.4, 0.5) is 0 Å². The van der Waals surface area contributed by atoms with Crippen LogP contribution in [0.1, 0.15) is 27.2 Å². The Morgan fingerprint density at radius 3 is 2.76 bits per heavy atom. The zero-order valence-corrected chi connectivity index (χ0v) is 10.3. The number of carboxylic acid groups (broad SMARTS) is 1. The van der Waals surface area contributed by atoms with Crippen LogP contribution in [-0.2, 0) is 9.59 Å². The second kappa shape index (κ2) is 5.57. The second-order valence-electron chi connectivity index (χ2n) is 4.49. The van der Waals surface area contributed by atoms with Gasteiger partial charge in [-0.25, -0.2) is 4.79 Å². The topological polar surface area (TPSA) is 66.7 Å². The summed E-state index contributed by atoms with van der Waals surface area (Å²) in [6.07, 6.45) is 4.79. The number of hydrogen-bond donors (Lipinski definition) is 1. The van der Waals surface area contributed by atoms with E-state index in [1.54, 1.807) is 19.2 Å². The predicted octanol–water partition coefficient (Wildman–Crippen LogP) is 2.01. The lowest BCUT2D eigenvalue weighted by Gasteiger charge is -2.24. The molecule has 4 nitrogen and oxygen atoms in total. The normalized spacial score (nSPS) is 26.2. The molecule has 0 aromatic heterocycles. The molecule has 0 radical (unpaired) electrons. The minimum absolute atomic E-state index is 0.0233. The summed E-state index contributed by atoms with van der Waals surface area (Å²) in [5, 5.41) is 8.57. The summed E-state index contributed by atoms with van der Waals surface area (Å²) in [4.78, 5) is 26.1. The number of aliphatic carboxylic acids is 1. The molecule has 17 heavy (non-hydrogen) atoms. The van der Waals surface area contributed by atoms with Crippen LogP contribution >= 0.6 is 0 Å². The van der Waals surface area contributed by atoms with E-state index in [0.29, 0.717) is 12.0 Å². The van der Waals surface area contributed by atoms with Crippen molar-refractivity contribution in [3.63, 3.8) is 0 Å². The number of rotatable bonds is 3. The van der Waals surface area contributed by atoms with Crippen molar-refractivity contribution in [1.29, 1.82) is 0 Å². The Morgan fingerprint density at radius 2 is 2.24 bits per heavy atom. The molecular formula is C13H17NO3. The van der Waals surface area contributed by atoms with Gasteiger partial charge in [0.2, 0.25) is 0 Å². The number of ketones is 1. The summed E-state index contributed by atoms with van der Waals surface area (Å²) < 4.78 is 0. The maximum absolute atomic E-state index is 11.3. The molecule has 0 aliphatic heterocycles. The highest BCUT2D eigenvalue weighted by molar-refractivity contribution is 5.92. The zero-order chi connectivity index (χ0) is 13.0. The Hall–Kier alpha value is -1.71. The fraction of sp³-hybridized carbons (Fsp3) is 0.462. The third-order valence-electron chi connectivity index (χ3n) is 2.71. The van der Waals surface area contributed by atoms with Crippen molar-refractivity contribution in [3.8, 4) is 0 Å². The average molecular weight is 235 g/mol. The molecule has 0 amide bonds. The van der Waals surface area contributed by atoms with Gasteiger partial charge in [0, 0.05) is 18.7 Å². The van der Waals surface area contributed by atoms with E-state index in [2.05, 4.69) is 4.99 Å².